The lowest BCUT2D eigenvalue weighted by Gasteiger charge is -2.15. The standard InChI is InChI=1S/C14H19NO4S/c1-3-20-9-8-11(14(17)18)15-13(16)10-6-4-5-7-12(10)19-2/h4-7,11H,3,8-9H2,1-2H3,(H,15,16)(H,17,18). The summed E-state index contributed by atoms with van der Waals surface area (Å²) < 4.78 is 5.09. The minimum atomic E-state index is -1.02. The first-order valence-electron chi connectivity index (χ1n) is 6.34. The van der Waals surface area contributed by atoms with Gasteiger partial charge in [-0.15, -0.1) is 0 Å². The molecule has 5 nitrogen and oxygen atoms in total. The Morgan fingerprint density at radius 3 is 2.70 bits per heavy atom. The molecule has 0 spiro atoms. The molecule has 1 atom stereocenters. The molecule has 0 radical (unpaired) electrons. The largest absolute Gasteiger partial charge is 0.496 e. The summed E-state index contributed by atoms with van der Waals surface area (Å²) in [7, 11) is 1.47. The Balaban J connectivity index is 2.72. The number of carboxylic acid groups (broad SMARTS) is 1. The lowest BCUT2D eigenvalue weighted by molar-refractivity contribution is -0.139. The molecule has 1 aromatic carbocycles. The van der Waals surface area contributed by atoms with Crippen molar-refractivity contribution in [2.24, 2.45) is 0 Å². The zero-order chi connectivity index (χ0) is 15.0. The predicted molar refractivity (Wildman–Crippen MR) is 79.5 cm³/mol. The van der Waals surface area contributed by atoms with Crippen LogP contribution in [0.1, 0.15) is 23.7 Å². The molecule has 2 N–H and O–H groups in total. The summed E-state index contributed by atoms with van der Waals surface area (Å²) in [5.41, 5.74) is 0.337. The van der Waals surface area contributed by atoms with Crippen LogP contribution in [0.2, 0.25) is 0 Å². The smallest absolute Gasteiger partial charge is 0.326 e. The molecule has 1 amide bonds. The number of benzene rings is 1. The first-order valence-corrected chi connectivity index (χ1v) is 7.50. The molecule has 1 aromatic rings. The first-order chi connectivity index (χ1) is 9.60. The third kappa shape index (κ3) is 4.77. The van der Waals surface area contributed by atoms with E-state index in [2.05, 4.69) is 5.32 Å². The number of thioether (sulfide) groups is 1. The van der Waals surface area contributed by atoms with Gasteiger partial charge in [-0.3, -0.25) is 4.79 Å². The molecular weight excluding hydrogens is 278 g/mol. The monoisotopic (exact) mass is 297 g/mol. The van der Waals surface area contributed by atoms with Gasteiger partial charge >= 0.3 is 5.97 Å². The highest BCUT2D eigenvalue weighted by Gasteiger charge is 2.21. The Labute approximate surface area is 122 Å². The summed E-state index contributed by atoms with van der Waals surface area (Å²) in [6.07, 6.45) is 0.398. The minimum absolute atomic E-state index is 0.337. The maximum atomic E-state index is 12.1. The van der Waals surface area contributed by atoms with Crippen LogP contribution in [0, 0.1) is 0 Å². The third-order valence-electron chi connectivity index (χ3n) is 2.71. The molecule has 110 valence electrons. The second kappa shape index (κ2) is 8.47. The highest BCUT2D eigenvalue weighted by atomic mass is 32.2. The van der Waals surface area contributed by atoms with Gasteiger partial charge in [-0.05, 0) is 30.1 Å². The number of carboxylic acids is 1. The van der Waals surface area contributed by atoms with Crippen molar-refractivity contribution < 1.29 is 19.4 Å². The van der Waals surface area contributed by atoms with Crippen molar-refractivity contribution in [2.75, 3.05) is 18.6 Å². The van der Waals surface area contributed by atoms with E-state index in [9.17, 15) is 9.59 Å². The molecular formula is C14H19NO4S. The lowest BCUT2D eigenvalue weighted by atomic mass is 10.1. The maximum absolute atomic E-state index is 12.1. The SMILES string of the molecule is CCSCCC(NC(=O)c1ccccc1OC)C(=O)O. The number of rotatable bonds is 8. The number of carbonyl (C=O) groups is 2. The van der Waals surface area contributed by atoms with Crippen LogP contribution in [0.3, 0.4) is 0 Å². The molecule has 0 heterocycles. The zero-order valence-corrected chi connectivity index (χ0v) is 12.4. The summed E-state index contributed by atoms with van der Waals surface area (Å²) in [5.74, 6) is 0.588. The number of aliphatic carboxylic acids is 1. The summed E-state index contributed by atoms with van der Waals surface area (Å²) >= 11 is 1.65. The third-order valence-corrected chi connectivity index (χ3v) is 3.64. The summed E-state index contributed by atoms with van der Waals surface area (Å²) in [6, 6.07) is 5.85. The average molecular weight is 297 g/mol. The maximum Gasteiger partial charge on any atom is 0.326 e. The molecule has 0 bridgehead atoms. The van der Waals surface area contributed by atoms with E-state index >= 15 is 0 Å². The molecule has 0 saturated carbocycles. The van der Waals surface area contributed by atoms with E-state index in [4.69, 9.17) is 9.84 Å². The number of methoxy groups -OCH3 is 1. The van der Waals surface area contributed by atoms with E-state index in [0.29, 0.717) is 23.5 Å². The van der Waals surface area contributed by atoms with Crippen molar-refractivity contribution in [1.29, 1.82) is 0 Å². The van der Waals surface area contributed by atoms with Crippen molar-refractivity contribution in [3.63, 3.8) is 0 Å². The molecule has 0 fully saturated rings. The minimum Gasteiger partial charge on any atom is -0.496 e. The predicted octanol–water partition coefficient (Wildman–Crippen LogP) is 2.02. The van der Waals surface area contributed by atoms with E-state index in [0.717, 1.165) is 5.75 Å². The zero-order valence-electron chi connectivity index (χ0n) is 11.6. The van der Waals surface area contributed by atoms with E-state index in [1.54, 1.807) is 36.0 Å². The Kier molecular flexibility index (Phi) is 6.93. The van der Waals surface area contributed by atoms with Gasteiger partial charge in [0.15, 0.2) is 0 Å². The highest BCUT2D eigenvalue weighted by Crippen LogP contribution is 2.17. The van der Waals surface area contributed by atoms with Gasteiger partial charge in [-0.2, -0.15) is 11.8 Å². The number of carbonyl (C=O) groups excluding carboxylic acids is 1. The van der Waals surface area contributed by atoms with Crippen molar-refractivity contribution >= 4 is 23.6 Å². The van der Waals surface area contributed by atoms with Crippen LogP contribution in [0.15, 0.2) is 24.3 Å². The Hall–Kier alpha value is -1.69. The number of hydrogen-bond acceptors (Lipinski definition) is 4. The fourth-order valence-corrected chi connectivity index (χ4v) is 2.36. The number of nitrogens with one attached hydrogen (secondary N) is 1. The molecule has 0 aliphatic rings. The van der Waals surface area contributed by atoms with Crippen molar-refractivity contribution in [1.82, 2.24) is 5.32 Å². The second-order valence-corrected chi connectivity index (χ2v) is 5.44. The van der Waals surface area contributed by atoms with Gasteiger partial charge in [0.2, 0.25) is 0 Å². The molecule has 0 aliphatic carbocycles. The molecule has 1 rings (SSSR count). The van der Waals surface area contributed by atoms with E-state index in [1.165, 1.54) is 7.11 Å². The van der Waals surface area contributed by atoms with Gasteiger partial charge in [-0.1, -0.05) is 19.1 Å². The van der Waals surface area contributed by atoms with Crippen LogP contribution in [-0.4, -0.2) is 41.6 Å². The normalized spacial score (nSPS) is 11.7. The average Bonchev–Trinajstić information content (AvgIpc) is 2.46. The molecule has 20 heavy (non-hydrogen) atoms. The van der Waals surface area contributed by atoms with Crippen LogP contribution >= 0.6 is 11.8 Å². The van der Waals surface area contributed by atoms with E-state index in [1.807, 2.05) is 6.92 Å². The molecule has 0 saturated heterocycles. The van der Waals surface area contributed by atoms with E-state index < -0.39 is 17.9 Å². The van der Waals surface area contributed by atoms with Gasteiger partial charge < -0.3 is 15.2 Å². The van der Waals surface area contributed by atoms with Crippen LogP contribution < -0.4 is 10.1 Å². The fraction of sp³-hybridized carbons (Fsp3) is 0.429. The van der Waals surface area contributed by atoms with Gasteiger partial charge in [-0.25, -0.2) is 4.79 Å². The first kappa shape index (κ1) is 16.4. The highest BCUT2D eigenvalue weighted by molar-refractivity contribution is 7.99. The van der Waals surface area contributed by atoms with Gasteiger partial charge in [0.1, 0.15) is 11.8 Å². The van der Waals surface area contributed by atoms with Crippen molar-refractivity contribution in [2.45, 2.75) is 19.4 Å². The summed E-state index contributed by atoms with van der Waals surface area (Å²) in [4.78, 5) is 23.3. The van der Waals surface area contributed by atoms with Crippen LogP contribution in [-0.2, 0) is 4.79 Å². The number of ether oxygens (including phenoxy) is 1. The van der Waals surface area contributed by atoms with Crippen LogP contribution in [0.5, 0.6) is 5.75 Å². The lowest BCUT2D eigenvalue weighted by Crippen LogP contribution is -2.41. The number of amides is 1. The number of para-hydroxylation sites is 1. The second-order valence-electron chi connectivity index (χ2n) is 4.05. The van der Waals surface area contributed by atoms with Crippen LogP contribution in [0.25, 0.3) is 0 Å². The topological polar surface area (TPSA) is 75.6 Å². The molecule has 0 aromatic heterocycles. The number of hydrogen-bond donors (Lipinski definition) is 2. The summed E-state index contributed by atoms with van der Waals surface area (Å²) in [6.45, 7) is 2.01. The van der Waals surface area contributed by atoms with Gasteiger partial charge in [0, 0.05) is 0 Å². The molecule has 6 heteroatoms. The van der Waals surface area contributed by atoms with E-state index in [-0.39, 0.29) is 0 Å². The van der Waals surface area contributed by atoms with Gasteiger partial charge in [0.05, 0.1) is 12.7 Å². The summed E-state index contributed by atoms with van der Waals surface area (Å²) in [5, 5.41) is 11.7. The Morgan fingerprint density at radius 1 is 1.40 bits per heavy atom. The quantitative estimate of drug-likeness (QED) is 0.718. The van der Waals surface area contributed by atoms with Crippen LogP contribution in [0.4, 0.5) is 0 Å². The van der Waals surface area contributed by atoms with Gasteiger partial charge in [0.25, 0.3) is 5.91 Å². The molecule has 0 aliphatic heterocycles. The Morgan fingerprint density at radius 2 is 2.10 bits per heavy atom. The fourth-order valence-electron chi connectivity index (χ4n) is 1.67. The van der Waals surface area contributed by atoms with Crippen molar-refractivity contribution in [3.05, 3.63) is 29.8 Å². The van der Waals surface area contributed by atoms with Crippen molar-refractivity contribution in [3.8, 4) is 5.75 Å². The Bertz CT molecular complexity index is 464. The molecule has 1 unspecified atom stereocenters.